The predicted octanol–water partition coefficient (Wildman–Crippen LogP) is 3.07. The van der Waals surface area contributed by atoms with E-state index in [1.54, 1.807) is 24.1 Å². The molecule has 0 unspecified atom stereocenters. The summed E-state index contributed by atoms with van der Waals surface area (Å²) in [5.41, 5.74) is 2.86. The van der Waals surface area contributed by atoms with E-state index in [0.29, 0.717) is 26.2 Å². The Hall–Kier alpha value is -2.73. The number of nitrogens with zero attached hydrogens (tertiary/aromatic N) is 1. The lowest BCUT2D eigenvalue weighted by molar-refractivity contribution is -0.135. The van der Waals surface area contributed by atoms with Gasteiger partial charge in [0, 0.05) is 26.7 Å². The van der Waals surface area contributed by atoms with Crippen molar-refractivity contribution in [3.63, 3.8) is 0 Å². The Morgan fingerprint density at radius 1 is 1.14 bits per heavy atom. The van der Waals surface area contributed by atoms with Gasteiger partial charge in [-0.05, 0) is 41.7 Å². The highest BCUT2D eigenvalue weighted by Crippen LogP contribution is 2.19. The molecule has 2 amide bonds. The van der Waals surface area contributed by atoms with Crippen LogP contribution >= 0.6 is 0 Å². The summed E-state index contributed by atoms with van der Waals surface area (Å²) in [5, 5.41) is 3.01. The van der Waals surface area contributed by atoms with Crippen LogP contribution in [-0.4, -0.2) is 36.9 Å². The minimum absolute atomic E-state index is 0.0282. The molecule has 0 radical (unpaired) electrons. The van der Waals surface area contributed by atoms with Gasteiger partial charge in [-0.3, -0.25) is 9.59 Å². The molecule has 1 atom stereocenters. The highest BCUT2D eigenvalue weighted by Gasteiger charge is 2.28. The first kappa shape index (κ1) is 21.0. The molecule has 1 N–H and O–H groups in total. The summed E-state index contributed by atoms with van der Waals surface area (Å²) in [5.74, 6) is -0.588. The van der Waals surface area contributed by atoms with Gasteiger partial charge in [0.2, 0.25) is 11.8 Å². The van der Waals surface area contributed by atoms with Crippen molar-refractivity contribution in [2.24, 2.45) is 5.92 Å². The van der Waals surface area contributed by atoms with Gasteiger partial charge in [-0.1, -0.05) is 36.4 Å². The number of piperidine rings is 1. The Balaban J connectivity index is 1.54. The monoisotopic (exact) mass is 398 g/mol. The van der Waals surface area contributed by atoms with Gasteiger partial charge >= 0.3 is 0 Å². The molecule has 5 nitrogen and oxygen atoms in total. The zero-order chi connectivity index (χ0) is 20.6. The zero-order valence-corrected chi connectivity index (χ0v) is 16.7. The van der Waals surface area contributed by atoms with Gasteiger partial charge in [0.1, 0.15) is 5.82 Å². The summed E-state index contributed by atoms with van der Waals surface area (Å²) in [7, 11) is 1.65. The van der Waals surface area contributed by atoms with E-state index >= 15 is 0 Å². The molecule has 6 heteroatoms. The molecule has 0 saturated carbocycles. The first-order valence-electron chi connectivity index (χ1n) is 9.92. The molecule has 2 aromatic rings. The number of halogens is 1. The molecule has 0 aromatic heterocycles. The third-order valence-electron chi connectivity index (χ3n) is 5.28. The van der Waals surface area contributed by atoms with E-state index in [1.807, 2.05) is 24.3 Å². The van der Waals surface area contributed by atoms with Crippen LogP contribution in [0.5, 0.6) is 0 Å². The quantitative estimate of drug-likeness (QED) is 0.780. The number of ether oxygens (including phenoxy) is 1. The van der Waals surface area contributed by atoms with Crippen LogP contribution in [0.25, 0.3) is 0 Å². The number of amides is 2. The normalized spacial score (nSPS) is 16.5. The van der Waals surface area contributed by atoms with Gasteiger partial charge in [-0.25, -0.2) is 4.39 Å². The van der Waals surface area contributed by atoms with Crippen LogP contribution in [0, 0.1) is 11.7 Å². The van der Waals surface area contributed by atoms with Crippen molar-refractivity contribution in [2.45, 2.75) is 32.4 Å². The van der Waals surface area contributed by atoms with Crippen LogP contribution < -0.4 is 5.32 Å². The fraction of sp³-hybridized carbons (Fsp3) is 0.391. The van der Waals surface area contributed by atoms with Crippen molar-refractivity contribution < 1.29 is 18.7 Å². The molecule has 1 aliphatic rings. The maximum Gasteiger partial charge on any atom is 0.227 e. The number of carbonyl (C=O) groups is 2. The van der Waals surface area contributed by atoms with E-state index < -0.39 is 0 Å². The SMILES string of the molecule is COCc1ccccc1CNC(=O)[C@H]1CCCN(C(=O)Cc2ccc(F)cc2)C1. The maximum atomic E-state index is 13.0. The summed E-state index contributed by atoms with van der Waals surface area (Å²) in [6, 6.07) is 13.8. The number of methoxy groups -OCH3 is 1. The second-order valence-corrected chi connectivity index (χ2v) is 7.40. The van der Waals surface area contributed by atoms with Crippen molar-refractivity contribution in [3.05, 3.63) is 71.0 Å². The zero-order valence-electron chi connectivity index (χ0n) is 16.7. The van der Waals surface area contributed by atoms with E-state index in [4.69, 9.17) is 4.74 Å². The second-order valence-electron chi connectivity index (χ2n) is 7.40. The summed E-state index contributed by atoms with van der Waals surface area (Å²) < 4.78 is 18.2. The smallest absolute Gasteiger partial charge is 0.227 e. The largest absolute Gasteiger partial charge is 0.380 e. The fourth-order valence-corrected chi connectivity index (χ4v) is 3.66. The Morgan fingerprint density at radius 2 is 1.86 bits per heavy atom. The lowest BCUT2D eigenvalue weighted by atomic mass is 9.96. The van der Waals surface area contributed by atoms with Crippen LogP contribution in [-0.2, 0) is 33.9 Å². The Labute approximate surface area is 170 Å². The number of carbonyl (C=O) groups excluding carboxylic acids is 2. The molecule has 1 heterocycles. The van der Waals surface area contributed by atoms with E-state index in [2.05, 4.69) is 5.32 Å². The Morgan fingerprint density at radius 3 is 2.59 bits per heavy atom. The number of likely N-dealkylation sites (tertiary alicyclic amines) is 1. The van der Waals surface area contributed by atoms with Crippen molar-refractivity contribution in [2.75, 3.05) is 20.2 Å². The minimum Gasteiger partial charge on any atom is -0.380 e. The molecule has 29 heavy (non-hydrogen) atoms. The predicted molar refractivity (Wildman–Crippen MR) is 108 cm³/mol. The molecule has 0 spiro atoms. The van der Waals surface area contributed by atoms with Crippen LogP contribution in [0.3, 0.4) is 0 Å². The van der Waals surface area contributed by atoms with E-state index in [0.717, 1.165) is 29.5 Å². The van der Waals surface area contributed by atoms with E-state index in [1.165, 1.54) is 12.1 Å². The highest BCUT2D eigenvalue weighted by molar-refractivity contribution is 5.82. The third kappa shape index (κ3) is 5.87. The molecule has 1 fully saturated rings. The summed E-state index contributed by atoms with van der Waals surface area (Å²) >= 11 is 0. The average Bonchev–Trinajstić information content (AvgIpc) is 2.75. The highest BCUT2D eigenvalue weighted by atomic mass is 19.1. The molecule has 0 bridgehead atoms. The molecule has 1 aliphatic heterocycles. The van der Waals surface area contributed by atoms with Crippen molar-refractivity contribution >= 4 is 11.8 Å². The van der Waals surface area contributed by atoms with Gasteiger partial charge in [-0.15, -0.1) is 0 Å². The number of rotatable bonds is 7. The summed E-state index contributed by atoms with van der Waals surface area (Å²) in [6.45, 7) is 2.02. The molecule has 3 rings (SSSR count). The first-order valence-corrected chi connectivity index (χ1v) is 9.92. The van der Waals surface area contributed by atoms with E-state index in [9.17, 15) is 14.0 Å². The van der Waals surface area contributed by atoms with Gasteiger partial charge in [0.05, 0.1) is 18.9 Å². The Bertz CT molecular complexity index is 838. The number of benzene rings is 2. The van der Waals surface area contributed by atoms with Crippen LogP contribution in [0.2, 0.25) is 0 Å². The molecular weight excluding hydrogens is 371 g/mol. The van der Waals surface area contributed by atoms with Crippen LogP contribution in [0.15, 0.2) is 48.5 Å². The maximum absolute atomic E-state index is 13.0. The number of hydrogen-bond acceptors (Lipinski definition) is 3. The molecule has 154 valence electrons. The average molecular weight is 398 g/mol. The number of hydrogen-bond donors (Lipinski definition) is 1. The molecule has 1 saturated heterocycles. The Kier molecular flexibility index (Phi) is 7.36. The lowest BCUT2D eigenvalue weighted by Gasteiger charge is -2.32. The van der Waals surface area contributed by atoms with Gasteiger partial charge in [0.25, 0.3) is 0 Å². The topological polar surface area (TPSA) is 58.6 Å². The van der Waals surface area contributed by atoms with Gasteiger partial charge in [0.15, 0.2) is 0 Å². The number of nitrogens with one attached hydrogen (secondary N) is 1. The first-order chi connectivity index (χ1) is 14.1. The summed E-state index contributed by atoms with van der Waals surface area (Å²) in [6.07, 6.45) is 1.79. The standard InChI is InChI=1S/C23H27FN2O3/c1-29-16-20-6-3-2-5-18(20)14-25-23(28)19-7-4-12-26(15-19)22(27)13-17-8-10-21(24)11-9-17/h2-3,5-6,8-11,19H,4,7,12-16H2,1H3,(H,25,28)/t19-/m0/s1. The van der Waals surface area contributed by atoms with Crippen LogP contribution in [0.1, 0.15) is 29.5 Å². The van der Waals surface area contributed by atoms with Crippen molar-refractivity contribution in [1.82, 2.24) is 10.2 Å². The van der Waals surface area contributed by atoms with Gasteiger partial charge in [-0.2, -0.15) is 0 Å². The van der Waals surface area contributed by atoms with Gasteiger partial charge < -0.3 is 15.0 Å². The van der Waals surface area contributed by atoms with Crippen molar-refractivity contribution in [3.8, 4) is 0 Å². The fourth-order valence-electron chi connectivity index (χ4n) is 3.66. The minimum atomic E-state index is -0.317. The van der Waals surface area contributed by atoms with E-state index in [-0.39, 0.29) is 30.0 Å². The lowest BCUT2D eigenvalue weighted by Crippen LogP contribution is -2.45. The molecule has 0 aliphatic carbocycles. The summed E-state index contributed by atoms with van der Waals surface area (Å²) in [4.78, 5) is 27.0. The molecular formula is C23H27FN2O3. The second kappa shape index (κ2) is 10.2. The van der Waals surface area contributed by atoms with Crippen LogP contribution in [0.4, 0.5) is 4.39 Å². The molecule has 2 aromatic carbocycles. The van der Waals surface area contributed by atoms with Crippen molar-refractivity contribution in [1.29, 1.82) is 0 Å². The third-order valence-corrected chi connectivity index (χ3v) is 5.28.